The van der Waals surface area contributed by atoms with Gasteiger partial charge in [-0.1, -0.05) is 26.7 Å². The maximum absolute atomic E-state index is 9.71. The van der Waals surface area contributed by atoms with E-state index in [4.69, 9.17) is 4.74 Å². The first-order valence-electron chi connectivity index (χ1n) is 5.89. The van der Waals surface area contributed by atoms with Gasteiger partial charge in [0.2, 0.25) is 0 Å². The maximum atomic E-state index is 9.71. The smallest absolute Gasteiger partial charge is 0.0834 e. The zero-order valence-electron chi connectivity index (χ0n) is 9.33. The summed E-state index contributed by atoms with van der Waals surface area (Å²) in [6.45, 7) is 5.44. The van der Waals surface area contributed by atoms with Gasteiger partial charge in [-0.05, 0) is 30.6 Å². The molecule has 1 N–H and O–H groups in total. The molecule has 14 heavy (non-hydrogen) atoms. The van der Waals surface area contributed by atoms with Crippen molar-refractivity contribution in [3.63, 3.8) is 0 Å². The minimum atomic E-state index is -0.203. The first-order chi connectivity index (χ1) is 6.59. The lowest BCUT2D eigenvalue weighted by Crippen LogP contribution is -2.32. The standard InChI is InChI=1S/C12H22O2/c1-12(2)7-9(12)8-14-11-6-4-3-5-10(11)13/h9-11,13H,3-8H2,1-2H3/t9-,10-,11-/m1/s1. The molecule has 82 valence electrons. The van der Waals surface area contributed by atoms with E-state index in [9.17, 15) is 5.11 Å². The molecule has 0 aromatic carbocycles. The van der Waals surface area contributed by atoms with E-state index < -0.39 is 0 Å². The van der Waals surface area contributed by atoms with E-state index >= 15 is 0 Å². The molecule has 0 spiro atoms. The van der Waals surface area contributed by atoms with Gasteiger partial charge in [0.05, 0.1) is 18.8 Å². The molecule has 0 aromatic heterocycles. The molecular formula is C12H22O2. The predicted octanol–water partition coefficient (Wildman–Crippen LogP) is 2.35. The molecule has 0 radical (unpaired) electrons. The van der Waals surface area contributed by atoms with Crippen LogP contribution in [0.4, 0.5) is 0 Å². The van der Waals surface area contributed by atoms with Crippen molar-refractivity contribution in [2.75, 3.05) is 6.61 Å². The van der Waals surface area contributed by atoms with Crippen LogP contribution in [0.1, 0.15) is 46.0 Å². The van der Waals surface area contributed by atoms with Gasteiger partial charge in [0.25, 0.3) is 0 Å². The fraction of sp³-hybridized carbons (Fsp3) is 1.00. The van der Waals surface area contributed by atoms with Crippen molar-refractivity contribution in [1.82, 2.24) is 0 Å². The van der Waals surface area contributed by atoms with Gasteiger partial charge in [-0.15, -0.1) is 0 Å². The molecule has 2 rings (SSSR count). The third-order valence-corrected chi connectivity index (χ3v) is 3.90. The lowest BCUT2D eigenvalue weighted by molar-refractivity contribution is -0.0637. The Kier molecular flexibility index (Phi) is 2.85. The lowest BCUT2D eigenvalue weighted by atomic mass is 9.95. The van der Waals surface area contributed by atoms with Crippen molar-refractivity contribution in [3.05, 3.63) is 0 Å². The van der Waals surface area contributed by atoms with E-state index in [1.54, 1.807) is 0 Å². The second-order valence-corrected chi connectivity index (χ2v) is 5.61. The average molecular weight is 198 g/mol. The summed E-state index contributed by atoms with van der Waals surface area (Å²) >= 11 is 0. The maximum Gasteiger partial charge on any atom is 0.0834 e. The van der Waals surface area contributed by atoms with Crippen molar-refractivity contribution < 1.29 is 9.84 Å². The number of ether oxygens (including phenoxy) is 1. The highest BCUT2D eigenvalue weighted by atomic mass is 16.5. The van der Waals surface area contributed by atoms with Crippen LogP contribution in [-0.2, 0) is 4.74 Å². The van der Waals surface area contributed by atoms with Gasteiger partial charge < -0.3 is 9.84 Å². The van der Waals surface area contributed by atoms with Crippen LogP contribution in [-0.4, -0.2) is 23.9 Å². The summed E-state index contributed by atoms with van der Waals surface area (Å²) in [5, 5.41) is 9.71. The molecule has 0 aliphatic heterocycles. The Hall–Kier alpha value is -0.0800. The Morgan fingerprint density at radius 2 is 1.93 bits per heavy atom. The molecule has 2 aliphatic carbocycles. The van der Waals surface area contributed by atoms with Crippen LogP contribution in [0.15, 0.2) is 0 Å². The largest absolute Gasteiger partial charge is 0.390 e. The summed E-state index contributed by atoms with van der Waals surface area (Å²) in [6.07, 6.45) is 5.57. The fourth-order valence-electron chi connectivity index (χ4n) is 2.37. The number of aliphatic hydroxyl groups is 1. The zero-order valence-corrected chi connectivity index (χ0v) is 9.33. The Bertz CT molecular complexity index is 200. The average Bonchev–Trinajstić information content (AvgIpc) is 2.73. The molecule has 2 fully saturated rings. The molecule has 0 saturated heterocycles. The molecular weight excluding hydrogens is 176 g/mol. The molecule has 0 unspecified atom stereocenters. The zero-order chi connectivity index (χ0) is 10.2. The summed E-state index contributed by atoms with van der Waals surface area (Å²) < 4.78 is 5.80. The quantitative estimate of drug-likeness (QED) is 0.754. The van der Waals surface area contributed by atoms with Crippen LogP contribution in [0.25, 0.3) is 0 Å². The molecule has 2 saturated carbocycles. The van der Waals surface area contributed by atoms with Crippen LogP contribution >= 0.6 is 0 Å². The molecule has 0 bridgehead atoms. The molecule has 2 heteroatoms. The van der Waals surface area contributed by atoms with Crippen molar-refractivity contribution in [2.24, 2.45) is 11.3 Å². The van der Waals surface area contributed by atoms with Crippen molar-refractivity contribution >= 4 is 0 Å². The van der Waals surface area contributed by atoms with Crippen molar-refractivity contribution in [2.45, 2.75) is 58.2 Å². The summed E-state index contributed by atoms with van der Waals surface area (Å²) in [6, 6.07) is 0. The molecule has 0 amide bonds. The monoisotopic (exact) mass is 198 g/mol. The van der Waals surface area contributed by atoms with Gasteiger partial charge in [-0.2, -0.15) is 0 Å². The first kappa shape index (κ1) is 10.4. The summed E-state index contributed by atoms with van der Waals surface area (Å²) in [4.78, 5) is 0. The highest BCUT2D eigenvalue weighted by Gasteiger charge is 2.45. The van der Waals surface area contributed by atoms with Gasteiger partial charge in [0.15, 0.2) is 0 Å². The molecule has 3 atom stereocenters. The molecule has 0 aromatic rings. The minimum Gasteiger partial charge on any atom is -0.390 e. The highest BCUT2D eigenvalue weighted by Crippen LogP contribution is 2.51. The molecule has 2 aliphatic rings. The van der Waals surface area contributed by atoms with Gasteiger partial charge in [0.1, 0.15) is 0 Å². The van der Waals surface area contributed by atoms with Gasteiger partial charge in [0, 0.05) is 0 Å². The number of rotatable bonds is 3. The van der Waals surface area contributed by atoms with E-state index in [0.717, 1.165) is 31.8 Å². The van der Waals surface area contributed by atoms with E-state index in [0.29, 0.717) is 5.41 Å². The predicted molar refractivity (Wildman–Crippen MR) is 56.1 cm³/mol. The lowest BCUT2D eigenvalue weighted by Gasteiger charge is -2.27. The van der Waals surface area contributed by atoms with Crippen LogP contribution in [0.3, 0.4) is 0 Å². The number of aliphatic hydroxyl groups excluding tert-OH is 1. The SMILES string of the molecule is CC1(C)C[C@@H]1CO[C@@H]1CCCC[C@H]1O. The normalized spacial score (nSPS) is 40.9. The first-order valence-corrected chi connectivity index (χ1v) is 5.89. The van der Waals surface area contributed by atoms with Gasteiger partial charge >= 0.3 is 0 Å². The second-order valence-electron chi connectivity index (χ2n) is 5.61. The van der Waals surface area contributed by atoms with Gasteiger partial charge in [-0.3, -0.25) is 0 Å². The van der Waals surface area contributed by atoms with Crippen LogP contribution in [0.5, 0.6) is 0 Å². The van der Waals surface area contributed by atoms with Crippen LogP contribution in [0, 0.1) is 11.3 Å². The third kappa shape index (κ3) is 2.29. The summed E-state index contributed by atoms with van der Waals surface area (Å²) in [5.74, 6) is 0.733. The van der Waals surface area contributed by atoms with E-state index in [2.05, 4.69) is 13.8 Å². The Morgan fingerprint density at radius 1 is 1.29 bits per heavy atom. The summed E-state index contributed by atoms with van der Waals surface area (Å²) in [5.41, 5.74) is 0.500. The van der Waals surface area contributed by atoms with Crippen LogP contribution in [0.2, 0.25) is 0 Å². The van der Waals surface area contributed by atoms with E-state index in [1.165, 1.54) is 12.8 Å². The topological polar surface area (TPSA) is 29.5 Å². The molecule has 0 heterocycles. The summed E-state index contributed by atoms with van der Waals surface area (Å²) in [7, 11) is 0. The fourth-order valence-corrected chi connectivity index (χ4v) is 2.37. The number of hydrogen-bond acceptors (Lipinski definition) is 2. The minimum absolute atomic E-state index is 0.125. The van der Waals surface area contributed by atoms with Crippen molar-refractivity contribution in [1.29, 1.82) is 0 Å². The molecule has 2 nitrogen and oxygen atoms in total. The second kappa shape index (κ2) is 3.82. The Balaban J connectivity index is 1.70. The highest BCUT2D eigenvalue weighted by molar-refractivity contribution is 4.95. The van der Waals surface area contributed by atoms with Crippen LogP contribution < -0.4 is 0 Å². The Labute approximate surface area is 86.6 Å². The third-order valence-electron chi connectivity index (χ3n) is 3.90. The Morgan fingerprint density at radius 3 is 2.50 bits per heavy atom. The van der Waals surface area contributed by atoms with Crippen molar-refractivity contribution in [3.8, 4) is 0 Å². The van der Waals surface area contributed by atoms with E-state index in [-0.39, 0.29) is 12.2 Å². The number of hydrogen-bond donors (Lipinski definition) is 1. The van der Waals surface area contributed by atoms with E-state index in [1.807, 2.05) is 0 Å². The van der Waals surface area contributed by atoms with Gasteiger partial charge in [-0.25, -0.2) is 0 Å².